The smallest absolute Gasteiger partial charge is 0.243 e. The molecule has 2 aromatic carbocycles. The van der Waals surface area contributed by atoms with Crippen molar-refractivity contribution < 1.29 is 23.8 Å². The largest absolute Gasteiger partial charge is 0.497 e. The minimum absolute atomic E-state index is 0.0491. The maximum Gasteiger partial charge on any atom is 0.243 e. The Hall–Kier alpha value is -3.22. The van der Waals surface area contributed by atoms with Crippen LogP contribution in [0.5, 0.6) is 17.2 Å². The Labute approximate surface area is 202 Å². The number of carbonyl (C=O) groups excluding carboxylic acids is 2. The molecule has 0 bridgehead atoms. The van der Waals surface area contributed by atoms with Crippen molar-refractivity contribution in [2.24, 2.45) is 0 Å². The fourth-order valence-electron chi connectivity index (χ4n) is 3.97. The van der Waals surface area contributed by atoms with Gasteiger partial charge in [-0.25, -0.2) is 0 Å². The molecule has 0 saturated carbocycles. The summed E-state index contributed by atoms with van der Waals surface area (Å²) < 4.78 is 16.6. The number of aryl methyl sites for hydroxylation is 1. The van der Waals surface area contributed by atoms with Crippen LogP contribution < -0.4 is 19.5 Å². The van der Waals surface area contributed by atoms with Crippen LogP contribution in [0, 0.1) is 0 Å². The number of methoxy groups -OCH3 is 1. The average molecular weight is 469 g/mol. The van der Waals surface area contributed by atoms with Crippen molar-refractivity contribution in [3.8, 4) is 17.2 Å². The van der Waals surface area contributed by atoms with Gasteiger partial charge < -0.3 is 24.4 Å². The molecule has 2 aromatic rings. The molecule has 2 atom stereocenters. The molecule has 1 heterocycles. The molecule has 7 heteroatoms. The molecule has 0 spiro atoms. The van der Waals surface area contributed by atoms with Gasteiger partial charge in [-0.1, -0.05) is 32.0 Å². The highest BCUT2D eigenvalue weighted by Crippen LogP contribution is 2.31. The number of hydrogen-bond donors (Lipinski definition) is 1. The predicted octanol–water partition coefficient (Wildman–Crippen LogP) is 4.12. The quantitative estimate of drug-likeness (QED) is 0.537. The third kappa shape index (κ3) is 6.65. The topological polar surface area (TPSA) is 77.1 Å². The Morgan fingerprint density at radius 3 is 2.50 bits per heavy atom. The third-order valence-electron chi connectivity index (χ3n) is 6.11. The SMILES string of the molecule is CC[C@@H](C)NC(=O)[C@H](CC)N(Cc1cccc(OC)c1)C(=O)CCc1ccc2c(c1)OCCO2. The monoisotopic (exact) mass is 468 g/mol. The summed E-state index contributed by atoms with van der Waals surface area (Å²) >= 11 is 0. The van der Waals surface area contributed by atoms with Gasteiger partial charge in [-0.2, -0.15) is 0 Å². The summed E-state index contributed by atoms with van der Waals surface area (Å²) in [6.45, 7) is 7.34. The molecular formula is C27H36N2O5. The fourth-order valence-corrected chi connectivity index (χ4v) is 3.97. The molecule has 0 aliphatic carbocycles. The lowest BCUT2D eigenvalue weighted by Gasteiger charge is -2.31. The molecule has 34 heavy (non-hydrogen) atoms. The van der Waals surface area contributed by atoms with E-state index in [4.69, 9.17) is 14.2 Å². The van der Waals surface area contributed by atoms with Crippen LogP contribution in [0.25, 0.3) is 0 Å². The number of benzene rings is 2. The van der Waals surface area contributed by atoms with Crippen LogP contribution in [0.15, 0.2) is 42.5 Å². The maximum absolute atomic E-state index is 13.5. The molecule has 0 unspecified atom stereocenters. The van der Waals surface area contributed by atoms with Crippen LogP contribution in [0.1, 0.15) is 51.2 Å². The summed E-state index contributed by atoms with van der Waals surface area (Å²) in [5, 5.41) is 3.04. The molecule has 184 valence electrons. The molecule has 0 radical (unpaired) electrons. The van der Waals surface area contributed by atoms with Gasteiger partial charge in [0.1, 0.15) is 25.0 Å². The van der Waals surface area contributed by atoms with E-state index in [1.54, 1.807) is 12.0 Å². The van der Waals surface area contributed by atoms with Crippen LogP contribution in [0.4, 0.5) is 0 Å². The standard InChI is InChI=1S/C27H36N2O5/c1-5-19(3)28-27(31)23(6-2)29(18-21-8-7-9-22(16-21)32-4)26(30)13-11-20-10-12-24-25(17-20)34-15-14-33-24/h7-10,12,16-17,19,23H,5-6,11,13-15,18H2,1-4H3,(H,28,31)/t19-,23+/m1/s1. The van der Waals surface area contributed by atoms with Crippen molar-refractivity contribution >= 4 is 11.8 Å². The highest BCUT2D eigenvalue weighted by Gasteiger charge is 2.29. The van der Waals surface area contributed by atoms with Gasteiger partial charge in [-0.05, 0) is 61.6 Å². The van der Waals surface area contributed by atoms with Gasteiger partial charge in [0, 0.05) is 19.0 Å². The van der Waals surface area contributed by atoms with E-state index in [-0.39, 0.29) is 24.3 Å². The number of rotatable bonds is 11. The van der Waals surface area contributed by atoms with Crippen LogP contribution in [-0.4, -0.2) is 49.1 Å². The summed E-state index contributed by atoms with van der Waals surface area (Å²) in [5.41, 5.74) is 1.91. The zero-order valence-corrected chi connectivity index (χ0v) is 20.6. The van der Waals surface area contributed by atoms with E-state index in [0.717, 1.165) is 29.0 Å². The number of nitrogens with one attached hydrogen (secondary N) is 1. The lowest BCUT2D eigenvalue weighted by Crippen LogP contribution is -2.50. The molecule has 2 amide bonds. The zero-order valence-electron chi connectivity index (χ0n) is 20.6. The lowest BCUT2D eigenvalue weighted by molar-refractivity contribution is -0.141. The van der Waals surface area contributed by atoms with E-state index in [9.17, 15) is 9.59 Å². The Morgan fingerprint density at radius 2 is 1.79 bits per heavy atom. The van der Waals surface area contributed by atoms with Gasteiger partial charge in [0.25, 0.3) is 0 Å². The Morgan fingerprint density at radius 1 is 1.03 bits per heavy atom. The normalized spacial score (nSPS) is 14.1. The molecule has 1 aliphatic heterocycles. The molecule has 7 nitrogen and oxygen atoms in total. The average Bonchev–Trinajstić information content (AvgIpc) is 2.86. The summed E-state index contributed by atoms with van der Waals surface area (Å²) in [5.74, 6) is 1.98. The van der Waals surface area contributed by atoms with Crippen molar-refractivity contribution in [1.29, 1.82) is 0 Å². The minimum Gasteiger partial charge on any atom is -0.497 e. The number of fused-ring (bicyclic) bond motifs is 1. The first-order valence-corrected chi connectivity index (χ1v) is 12.1. The van der Waals surface area contributed by atoms with Crippen molar-refractivity contribution in [3.63, 3.8) is 0 Å². The van der Waals surface area contributed by atoms with Crippen LogP contribution in [0.3, 0.4) is 0 Å². The van der Waals surface area contributed by atoms with Gasteiger partial charge in [0.05, 0.1) is 7.11 Å². The lowest BCUT2D eigenvalue weighted by atomic mass is 10.0. The van der Waals surface area contributed by atoms with Crippen molar-refractivity contribution in [1.82, 2.24) is 10.2 Å². The van der Waals surface area contributed by atoms with Gasteiger partial charge in [-0.15, -0.1) is 0 Å². The van der Waals surface area contributed by atoms with Crippen LogP contribution in [-0.2, 0) is 22.6 Å². The molecule has 0 fully saturated rings. The third-order valence-corrected chi connectivity index (χ3v) is 6.11. The number of carbonyl (C=O) groups is 2. The van der Waals surface area contributed by atoms with Gasteiger partial charge >= 0.3 is 0 Å². The first-order chi connectivity index (χ1) is 16.4. The molecule has 1 N–H and O–H groups in total. The maximum atomic E-state index is 13.5. The number of nitrogens with zero attached hydrogens (tertiary/aromatic N) is 1. The number of hydrogen-bond acceptors (Lipinski definition) is 5. The number of amides is 2. The van der Waals surface area contributed by atoms with Crippen molar-refractivity contribution in [3.05, 3.63) is 53.6 Å². The Kier molecular flexibility index (Phi) is 9.19. The zero-order chi connectivity index (χ0) is 24.5. The highest BCUT2D eigenvalue weighted by molar-refractivity contribution is 5.88. The second kappa shape index (κ2) is 12.3. The van der Waals surface area contributed by atoms with E-state index in [1.807, 2.05) is 63.2 Å². The Balaban J connectivity index is 1.77. The summed E-state index contributed by atoms with van der Waals surface area (Å²) in [7, 11) is 1.61. The van der Waals surface area contributed by atoms with E-state index < -0.39 is 6.04 Å². The summed E-state index contributed by atoms with van der Waals surface area (Å²) in [6, 6.07) is 12.9. The molecular weight excluding hydrogens is 432 g/mol. The second-order valence-electron chi connectivity index (χ2n) is 8.59. The first kappa shape index (κ1) is 25.4. The van der Waals surface area contributed by atoms with Crippen molar-refractivity contribution in [2.75, 3.05) is 20.3 Å². The van der Waals surface area contributed by atoms with Crippen LogP contribution >= 0.6 is 0 Å². The van der Waals surface area contributed by atoms with Gasteiger partial charge in [-0.3, -0.25) is 9.59 Å². The summed E-state index contributed by atoms with van der Waals surface area (Å²) in [4.78, 5) is 28.3. The predicted molar refractivity (Wildman–Crippen MR) is 131 cm³/mol. The number of ether oxygens (including phenoxy) is 3. The van der Waals surface area contributed by atoms with Gasteiger partial charge in [0.2, 0.25) is 11.8 Å². The first-order valence-electron chi connectivity index (χ1n) is 12.1. The molecule has 1 aliphatic rings. The Bertz CT molecular complexity index is 977. The van der Waals surface area contributed by atoms with E-state index >= 15 is 0 Å². The van der Waals surface area contributed by atoms with E-state index in [1.165, 1.54) is 0 Å². The minimum atomic E-state index is -0.548. The fraction of sp³-hybridized carbons (Fsp3) is 0.481. The second-order valence-corrected chi connectivity index (χ2v) is 8.59. The van der Waals surface area contributed by atoms with Crippen molar-refractivity contribution in [2.45, 2.75) is 65.1 Å². The molecule has 3 rings (SSSR count). The highest BCUT2D eigenvalue weighted by atomic mass is 16.6. The van der Waals surface area contributed by atoms with E-state index in [2.05, 4.69) is 5.32 Å². The van der Waals surface area contributed by atoms with Gasteiger partial charge in [0.15, 0.2) is 11.5 Å². The molecule has 0 saturated heterocycles. The summed E-state index contributed by atoms with van der Waals surface area (Å²) in [6.07, 6.45) is 2.20. The van der Waals surface area contributed by atoms with E-state index in [0.29, 0.717) is 38.3 Å². The van der Waals surface area contributed by atoms with Crippen LogP contribution in [0.2, 0.25) is 0 Å². The molecule has 0 aromatic heterocycles.